The van der Waals surface area contributed by atoms with Gasteiger partial charge in [-0.25, -0.2) is 0 Å². The average molecular weight is 360 g/mol. The topological polar surface area (TPSA) is 53.4 Å². The summed E-state index contributed by atoms with van der Waals surface area (Å²) in [6.45, 7) is 2.85. The van der Waals surface area contributed by atoms with Crippen molar-refractivity contribution in [2.75, 3.05) is 6.54 Å². The molecule has 2 heterocycles. The third-order valence-electron chi connectivity index (χ3n) is 5.53. The number of carbonyl (C=O) groups is 1. The molecule has 0 saturated carbocycles. The zero-order valence-electron chi connectivity index (χ0n) is 15.5. The van der Waals surface area contributed by atoms with Crippen LogP contribution in [0, 0.1) is 6.92 Å². The summed E-state index contributed by atoms with van der Waals surface area (Å²) < 4.78 is 0. The number of fused-ring (bicyclic) bond motifs is 1. The molecule has 2 atom stereocenters. The number of piperidine rings is 1. The summed E-state index contributed by atoms with van der Waals surface area (Å²) in [5.41, 5.74) is 4.39. The molecule has 1 saturated heterocycles. The first-order valence-corrected chi connectivity index (χ1v) is 9.54. The van der Waals surface area contributed by atoms with Crippen LogP contribution < -0.4 is 0 Å². The number of aromatic nitrogens is 1. The lowest BCUT2D eigenvalue weighted by Crippen LogP contribution is -2.46. The van der Waals surface area contributed by atoms with Crippen molar-refractivity contribution in [3.8, 4) is 0 Å². The van der Waals surface area contributed by atoms with E-state index in [0.717, 1.165) is 41.4 Å². The number of pyridine rings is 1. The molecular weight excluding hydrogens is 336 g/mol. The van der Waals surface area contributed by atoms with Crippen LogP contribution in [0.4, 0.5) is 0 Å². The van der Waals surface area contributed by atoms with Gasteiger partial charge >= 0.3 is 5.97 Å². The van der Waals surface area contributed by atoms with Gasteiger partial charge in [-0.1, -0.05) is 54.4 Å². The van der Waals surface area contributed by atoms with Crippen LogP contribution in [-0.2, 0) is 4.79 Å². The van der Waals surface area contributed by atoms with E-state index in [2.05, 4.69) is 47.1 Å². The van der Waals surface area contributed by atoms with Gasteiger partial charge in [-0.3, -0.25) is 14.7 Å². The van der Waals surface area contributed by atoms with E-state index in [4.69, 9.17) is 0 Å². The molecule has 2 aromatic carbocycles. The number of rotatable bonds is 4. The van der Waals surface area contributed by atoms with E-state index in [1.165, 1.54) is 5.56 Å². The Labute approximate surface area is 159 Å². The lowest BCUT2D eigenvalue weighted by Gasteiger charge is -2.40. The second-order valence-corrected chi connectivity index (χ2v) is 7.32. The number of hydrogen-bond donors (Lipinski definition) is 1. The van der Waals surface area contributed by atoms with Crippen molar-refractivity contribution in [3.63, 3.8) is 0 Å². The number of carboxylic acids is 1. The monoisotopic (exact) mass is 360 g/mol. The van der Waals surface area contributed by atoms with Crippen LogP contribution in [-0.4, -0.2) is 33.5 Å². The molecule has 1 aliphatic heterocycles. The maximum atomic E-state index is 12.0. The highest BCUT2D eigenvalue weighted by atomic mass is 16.4. The molecule has 2 unspecified atom stereocenters. The molecule has 1 aliphatic rings. The maximum absolute atomic E-state index is 12.0. The Bertz CT molecular complexity index is 947. The van der Waals surface area contributed by atoms with E-state index in [1.54, 1.807) is 0 Å². The summed E-state index contributed by atoms with van der Waals surface area (Å²) in [6.07, 6.45) is 4.51. The number of nitrogens with zero attached hydrogens (tertiary/aromatic N) is 2. The molecular formula is C23H24N2O2. The highest BCUT2D eigenvalue weighted by molar-refractivity contribution is 5.83. The number of aryl methyl sites for hydroxylation is 1. The molecule has 4 nitrogen and oxygen atoms in total. The van der Waals surface area contributed by atoms with Crippen molar-refractivity contribution in [1.29, 1.82) is 0 Å². The van der Waals surface area contributed by atoms with E-state index >= 15 is 0 Å². The number of benzene rings is 2. The van der Waals surface area contributed by atoms with Crippen molar-refractivity contribution in [2.45, 2.75) is 38.3 Å². The van der Waals surface area contributed by atoms with E-state index < -0.39 is 12.0 Å². The van der Waals surface area contributed by atoms with Crippen LogP contribution in [0.5, 0.6) is 0 Å². The standard InChI is InChI=1S/C23H24N2O2/c1-16-9-11-17(12-10-16)22(25-15-5-4-8-21(25)23(26)27)19-13-14-24-20-7-3-2-6-18(19)20/h2-3,6-7,9-14,21-22H,4-5,8,15H2,1H3,(H,26,27). The largest absolute Gasteiger partial charge is 0.480 e. The molecule has 1 fully saturated rings. The fraction of sp³-hybridized carbons (Fsp3) is 0.304. The van der Waals surface area contributed by atoms with Crippen molar-refractivity contribution >= 4 is 16.9 Å². The Morgan fingerprint density at radius 3 is 2.67 bits per heavy atom. The molecule has 0 amide bonds. The number of carboxylic acid groups (broad SMARTS) is 1. The third-order valence-corrected chi connectivity index (χ3v) is 5.53. The summed E-state index contributed by atoms with van der Waals surface area (Å²) in [5, 5.41) is 10.9. The highest BCUT2D eigenvalue weighted by Gasteiger charge is 2.35. The van der Waals surface area contributed by atoms with Gasteiger partial charge in [-0.2, -0.15) is 0 Å². The van der Waals surface area contributed by atoms with Gasteiger partial charge < -0.3 is 5.11 Å². The fourth-order valence-corrected chi connectivity index (χ4v) is 4.18. The minimum absolute atomic E-state index is 0.0973. The maximum Gasteiger partial charge on any atom is 0.320 e. The Hall–Kier alpha value is -2.72. The summed E-state index contributed by atoms with van der Waals surface area (Å²) in [7, 11) is 0. The number of likely N-dealkylation sites (tertiary alicyclic amines) is 1. The SMILES string of the molecule is Cc1ccc(C(c2ccnc3ccccc23)N2CCCCC2C(=O)O)cc1. The minimum atomic E-state index is -0.731. The summed E-state index contributed by atoms with van der Waals surface area (Å²) >= 11 is 0. The molecule has 0 radical (unpaired) electrons. The lowest BCUT2D eigenvalue weighted by atomic mass is 9.90. The summed E-state index contributed by atoms with van der Waals surface area (Å²) in [6, 6.07) is 18.0. The average Bonchev–Trinajstić information content (AvgIpc) is 2.70. The highest BCUT2D eigenvalue weighted by Crippen LogP contribution is 2.37. The number of aliphatic carboxylic acids is 1. The van der Waals surface area contributed by atoms with E-state index in [-0.39, 0.29) is 6.04 Å². The normalized spacial score (nSPS) is 19.1. The summed E-state index contributed by atoms with van der Waals surface area (Å²) in [4.78, 5) is 18.7. The van der Waals surface area contributed by atoms with Crippen molar-refractivity contribution < 1.29 is 9.90 Å². The zero-order chi connectivity index (χ0) is 18.8. The van der Waals surface area contributed by atoms with Crippen LogP contribution >= 0.6 is 0 Å². The Morgan fingerprint density at radius 2 is 1.89 bits per heavy atom. The smallest absolute Gasteiger partial charge is 0.320 e. The second-order valence-electron chi connectivity index (χ2n) is 7.32. The molecule has 1 N–H and O–H groups in total. The van der Waals surface area contributed by atoms with Gasteiger partial charge in [0.25, 0.3) is 0 Å². The van der Waals surface area contributed by atoms with E-state index in [0.29, 0.717) is 6.42 Å². The van der Waals surface area contributed by atoms with Crippen LogP contribution in [0.25, 0.3) is 10.9 Å². The molecule has 3 aromatic rings. The van der Waals surface area contributed by atoms with Crippen molar-refractivity contribution in [1.82, 2.24) is 9.88 Å². The second kappa shape index (κ2) is 7.49. The fourth-order valence-electron chi connectivity index (χ4n) is 4.18. The van der Waals surface area contributed by atoms with Crippen LogP contribution in [0.2, 0.25) is 0 Å². The quantitative estimate of drug-likeness (QED) is 0.740. The first-order valence-electron chi connectivity index (χ1n) is 9.54. The van der Waals surface area contributed by atoms with Gasteiger partial charge in [-0.15, -0.1) is 0 Å². The van der Waals surface area contributed by atoms with Gasteiger partial charge in [0.05, 0.1) is 11.6 Å². The van der Waals surface area contributed by atoms with Crippen molar-refractivity contribution in [3.05, 3.63) is 77.5 Å². The van der Waals surface area contributed by atoms with Gasteiger partial charge in [0.2, 0.25) is 0 Å². The molecule has 27 heavy (non-hydrogen) atoms. The van der Waals surface area contributed by atoms with Gasteiger partial charge in [0.15, 0.2) is 0 Å². The molecule has 4 rings (SSSR count). The molecule has 138 valence electrons. The molecule has 0 bridgehead atoms. The predicted molar refractivity (Wildman–Crippen MR) is 107 cm³/mol. The molecule has 0 spiro atoms. The third kappa shape index (κ3) is 3.45. The zero-order valence-corrected chi connectivity index (χ0v) is 15.5. The number of hydrogen-bond acceptors (Lipinski definition) is 3. The van der Waals surface area contributed by atoms with Crippen LogP contribution in [0.15, 0.2) is 60.8 Å². The first-order chi connectivity index (χ1) is 13.1. The van der Waals surface area contributed by atoms with Crippen LogP contribution in [0.3, 0.4) is 0 Å². The lowest BCUT2D eigenvalue weighted by molar-refractivity contribution is -0.145. The Balaban J connectivity index is 1.90. The summed E-state index contributed by atoms with van der Waals surface area (Å²) in [5.74, 6) is -0.731. The van der Waals surface area contributed by atoms with E-state index in [9.17, 15) is 9.90 Å². The van der Waals surface area contributed by atoms with E-state index in [1.807, 2.05) is 30.5 Å². The van der Waals surface area contributed by atoms with Gasteiger partial charge in [0.1, 0.15) is 6.04 Å². The number of para-hydroxylation sites is 1. The molecule has 0 aliphatic carbocycles. The minimum Gasteiger partial charge on any atom is -0.480 e. The molecule has 1 aromatic heterocycles. The Morgan fingerprint density at radius 1 is 1.11 bits per heavy atom. The molecule has 4 heteroatoms. The first kappa shape index (κ1) is 17.7. The van der Waals surface area contributed by atoms with Gasteiger partial charge in [0, 0.05) is 11.6 Å². The van der Waals surface area contributed by atoms with Crippen molar-refractivity contribution in [2.24, 2.45) is 0 Å². The van der Waals surface area contributed by atoms with Gasteiger partial charge in [-0.05, 0) is 49.6 Å². The van der Waals surface area contributed by atoms with Crippen LogP contribution in [0.1, 0.15) is 42.0 Å². The Kier molecular flexibility index (Phi) is 4.90. The predicted octanol–water partition coefficient (Wildman–Crippen LogP) is 4.57.